The van der Waals surface area contributed by atoms with Crippen LogP contribution in [-0.4, -0.2) is 76.9 Å². The summed E-state index contributed by atoms with van der Waals surface area (Å²) in [5.41, 5.74) is 11.5. The maximum Gasteiger partial charge on any atom is 0.475 e. The van der Waals surface area contributed by atoms with Gasteiger partial charge in [0.2, 0.25) is 17.7 Å². The molecule has 0 radical (unpaired) electrons. The van der Waals surface area contributed by atoms with Crippen LogP contribution in [0.5, 0.6) is 0 Å². The molecule has 1 aliphatic rings. The highest BCUT2D eigenvalue weighted by Crippen LogP contribution is 2.24. The molecule has 12 heteroatoms. The molecule has 2 atom stereocenters. The molecule has 2 unspecified atom stereocenters. The Kier molecular flexibility index (Phi) is 11.5. The van der Waals surface area contributed by atoms with E-state index >= 15 is 0 Å². The number of aliphatic imine (C=N–C) groups is 1. The van der Waals surface area contributed by atoms with E-state index in [0.29, 0.717) is 12.8 Å². The number of nitrogens with zero attached hydrogens (tertiary/aromatic N) is 2. The Morgan fingerprint density at radius 3 is 2.37 bits per heavy atom. The Balaban J connectivity index is 2.12. The molecule has 0 spiro atoms. The van der Waals surface area contributed by atoms with Gasteiger partial charge in [0.1, 0.15) is 6.04 Å². The maximum atomic E-state index is 13.6. The molecule has 192 valence electrons. The van der Waals surface area contributed by atoms with E-state index in [2.05, 4.69) is 15.6 Å². The smallest absolute Gasteiger partial charge is 0.426 e. The molecule has 0 aromatic heterocycles. The Bertz CT molecular complexity index is 859. The van der Waals surface area contributed by atoms with Crippen molar-refractivity contribution in [3.63, 3.8) is 0 Å². The number of carbonyl (C=O) groups excluding carboxylic acids is 3. The van der Waals surface area contributed by atoms with Crippen molar-refractivity contribution in [1.29, 1.82) is 0 Å². The van der Waals surface area contributed by atoms with Crippen molar-refractivity contribution in [3.05, 3.63) is 35.9 Å². The van der Waals surface area contributed by atoms with E-state index in [9.17, 15) is 24.4 Å². The Labute approximate surface area is 206 Å². The fraction of sp³-hybridized carbons (Fsp3) is 0.565. The van der Waals surface area contributed by atoms with E-state index in [0.717, 1.165) is 31.2 Å². The Morgan fingerprint density at radius 1 is 1.14 bits per heavy atom. The Hall–Kier alpha value is -3.12. The lowest BCUT2D eigenvalue weighted by Crippen LogP contribution is -2.56. The molecule has 0 bridgehead atoms. The first kappa shape index (κ1) is 28.1. The van der Waals surface area contributed by atoms with Crippen molar-refractivity contribution in [2.75, 3.05) is 13.1 Å². The lowest BCUT2D eigenvalue weighted by molar-refractivity contribution is -0.141. The number of nitrogens with two attached hydrogens (primary N) is 2. The van der Waals surface area contributed by atoms with E-state index in [4.69, 9.17) is 11.5 Å². The van der Waals surface area contributed by atoms with Gasteiger partial charge in [-0.3, -0.25) is 19.4 Å². The monoisotopic (exact) mass is 488 g/mol. The molecule has 1 saturated carbocycles. The normalized spacial score (nSPS) is 15.1. The van der Waals surface area contributed by atoms with Crippen LogP contribution >= 0.6 is 0 Å². The molecule has 1 aromatic carbocycles. The average Bonchev–Trinajstić information content (AvgIpc) is 3.33. The van der Waals surface area contributed by atoms with Crippen LogP contribution in [0.15, 0.2) is 35.3 Å². The van der Waals surface area contributed by atoms with Gasteiger partial charge in [0.05, 0.1) is 12.5 Å². The van der Waals surface area contributed by atoms with Gasteiger partial charge in [-0.1, -0.05) is 43.2 Å². The number of benzene rings is 1. The second-order valence-electron chi connectivity index (χ2n) is 8.88. The number of carbonyl (C=O) groups is 3. The summed E-state index contributed by atoms with van der Waals surface area (Å²) < 4.78 is 0. The summed E-state index contributed by atoms with van der Waals surface area (Å²) >= 11 is 0. The number of guanidine groups is 1. The number of hydrogen-bond donors (Lipinski definition) is 6. The maximum absolute atomic E-state index is 13.6. The van der Waals surface area contributed by atoms with Gasteiger partial charge in [0.15, 0.2) is 5.96 Å². The van der Waals surface area contributed by atoms with E-state index in [1.807, 2.05) is 30.3 Å². The van der Waals surface area contributed by atoms with Crippen LogP contribution in [0, 0.1) is 0 Å². The molecule has 0 heterocycles. The largest absolute Gasteiger partial charge is 0.475 e. The summed E-state index contributed by atoms with van der Waals surface area (Å²) in [5, 5.41) is 24.8. The van der Waals surface area contributed by atoms with Gasteiger partial charge in [-0.15, -0.1) is 0 Å². The summed E-state index contributed by atoms with van der Waals surface area (Å²) in [6, 6.07) is 8.41. The van der Waals surface area contributed by atoms with Gasteiger partial charge in [0, 0.05) is 25.9 Å². The first-order valence-electron chi connectivity index (χ1n) is 12.0. The number of rotatable bonds is 13. The minimum atomic E-state index is -1.78. The molecule has 1 aromatic rings. The van der Waals surface area contributed by atoms with Crippen molar-refractivity contribution in [2.24, 2.45) is 16.5 Å². The molecule has 0 aliphatic heterocycles. The molecule has 3 amide bonds. The zero-order valence-corrected chi connectivity index (χ0v) is 20.2. The highest BCUT2D eigenvalue weighted by molar-refractivity contribution is 6.43. The third kappa shape index (κ3) is 9.95. The highest BCUT2D eigenvalue weighted by Gasteiger charge is 2.34. The van der Waals surface area contributed by atoms with E-state index in [1.54, 1.807) is 0 Å². The van der Waals surface area contributed by atoms with Gasteiger partial charge in [-0.2, -0.15) is 0 Å². The SMILES string of the molecule is CC(=O)NC(Cc1ccccc1)C(=O)N(CC(=O)NC(CCCN=C(N)N)B(O)O)C1CCCC1. The standard InChI is InChI=1S/C23H37BN6O5/c1-16(31)28-19(14-17-8-3-2-4-9-17)22(33)30(18-10-5-6-11-18)15-21(32)29-20(24(34)35)12-7-13-27-23(25)26/h2-4,8-9,18-20,34-35H,5-7,10-15H2,1H3,(H,28,31)(H,29,32)(H4,25,26,27). The predicted octanol–water partition coefficient (Wildman–Crippen LogP) is -0.945. The second-order valence-corrected chi connectivity index (χ2v) is 8.88. The third-order valence-corrected chi connectivity index (χ3v) is 5.99. The minimum Gasteiger partial charge on any atom is -0.426 e. The summed E-state index contributed by atoms with van der Waals surface area (Å²) in [6.07, 6.45) is 4.38. The fourth-order valence-electron chi connectivity index (χ4n) is 4.32. The molecule has 2 rings (SSSR count). The Morgan fingerprint density at radius 2 is 1.80 bits per heavy atom. The third-order valence-electron chi connectivity index (χ3n) is 5.99. The molecular weight excluding hydrogens is 451 g/mol. The first-order chi connectivity index (χ1) is 16.7. The van der Waals surface area contributed by atoms with Crippen LogP contribution in [0.4, 0.5) is 0 Å². The highest BCUT2D eigenvalue weighted by atomic mass is 16.4. The lowest BCUT2D eigenvalue weighted by Gasteiger charge is -2.32. The molecule has 11 nitrogen and oxygen atoms in total. The van der Waals surface area contributed by atoms with Crippen LogP contribution < -0.4 is 22.1 Å². The molecule has 1 fully saturated rings. The number of nitrogens with one attached hydrogen (secondary N) is 2. The average molecular weight is 488 g/mol. The van der Waals surface area contributed by atoms with Gasteiger partial charge in [-0.25, -0.2) is 0 Å². The van der Waals surface area contributed by atoms with Gasteiger partial charge in [-0.05, 0) is 31.2 Å². The fourth-order valence-corrected chi connectivity index (χ4v) is 4.32. The lowest BCUT2D eigenvalue weighted by atomic mass is 9.76. The summed E-state index contributed by atoms with van der Waals surface area (Å²) in [6.45, 7) is 1.39. The summed E-state index contributed by atoms with van der Waals surface area (Å²) in [5.74, 6) is -2.18. The van der Waals surface area contributed by atoms with Crippen LogP contribution in [0.1, 0.15) is 51.0 Å². The number of amides is 3. The molecule has 0 saturated heterocycles. The first-order valence-corrected chi connectivity index (χ1v) is 12.0. The zero-order valence-electron chi connectivity index (χ0n) is 20.2. The predicted molar refractivity (Wildman–Crippen MR) is 134 cm³/mol. The molecular formula is C23H37BN6O5. The van der Waals surface area contributed by atoms with Crippen molar-refractivity contribution >= 4 is 30.8 Å². The number of hydrogen-bond acceptors (Lipinski definition) is 6. The van der Waals surface area contributed by atoms with Crippen molar-refractivity contribution in [3.8, 4) is 0 Å². The topological polar surface area (TPSA) is 183 Å². The second kappa shape index (κ2) is 14.3. The summed E-state index contributed by atoms with van der Waals surface area (Å²) in [4.78, 5) is 43.7. The van der Waals surface area contributed by atoms with Gasteiger partial charge < -0.3 is 37.0 Å². The minimum absolute atomic E-state index is 0.0647. The van der Waals surface area contributed by atoms with E-state index < -0.39 is 25.0 Å². The van der Waals surface area contributed by atoms with Crippen LogP contribution in [-0.2, 0) is 20.8 Å². The van der Waals surface area contributed by atoms with Crippen LogP contribution in [0.25, 0.3) is 0 Å². The molecule has 35 heavy (non-hydrogen) atoms. The van der Waals surface area contributed by atoms with Crippen molar-refractivity contribution < 1.29 is 24.4 Å². The van der Waals surface area contributed by atoms with Gasteiger partial charge >= 0.3 is 7.12 Å². The van der Waals surface area contributed by atoms with E-state index in [-0.39, 0.29) is 43.3 Å². The van der Waals surface area contributed by atoms with Crippen molar-refractivity contribution in [1.82, 2.24) is 15.5 Å². The quantitative estimate of drug-likeness (QED) is 0.0895. The van der Waals surface area contributed by atoms with Gasteiger partial charge in [0.25, 0.3) is 0 Å². The summed E-state index contributed by atoms with van der Waals surface area (Å²) in [7, 11) is -1.78. The van der Waals surface area contributed by atoms with E-state index in [1.165, 1.54) is 11.8 Å². The molecule has 8 N–H and O–H groups in total. The molecule has 1 aliphatic carbocycles. The van der Waals surface area contributed by atoms with Crippen LogP contribution in [0.3, 0.4) is 0 Å². The van der Waals surface area contributed by atoms with Crippen molar-refractivity contribution in [2.45, 2.75) is 69.9 Å². The van der Waals surface area contributed by atoms with Crippen LogP contribution in [0.2, 0.25) is 0 Å². The zero-order chi connectivity index (χ0) is 25.8.